The van der Waals surface area contributed by atoms with E-state index in [0.717, 1.165) is 32.5 Å². The van der Waals surface area contributed by atoms with Crippen LogP contribution in [0.5, 0.6) is 0 Å². The van der Waals surface area contributed by atoms with Crippen molar-refractivity contribution in [2.24, 2.45) is 0 Å². The Morgan fingerprint density at radius 2 is 2.00 bits per heavy atom. The lowest BCUT2D eigenvalue weighted by atomic mass is 10.2. The van der Waals surface area contributed by atoms with Crippen LogP contribution in [0.4, 0.5) is 0 Å². The highest BCUT2D eigenvalue weighted by molar-refractivity contribution is 6.55. The summed E-state index contributed by atoms with van der Waals surface area (Å²) < 4.78 is 5.57. The predicted octanol–water partition coefficient (Wildman–Crippen LogP) is 3.90. The summed E-state index contributed by atoms with van der Waals surface area (Å²) in [6.45, 7) is 3.69. The van der Waals surface area contributed by atoms with E-state index in [-0.39, 0.29) is 0 Å². The minimum Gasteiger partial charge on any atom is -0.382 e. The molecule has 0 aromatic carbocycles. The van der Waals surface area contributed by atoms with Gasteiger partial charge in [0.1, 0.15) is 4.49 Å². The Bertz CT molecular complexity index is 120. The molecule has 72 valence electrons. The smallest absolute Gasteiger partial charge is 0.102 e. The zero-order valence-corrected chi connectivity index (χ0v) is 9.00. The van der Waals surface area contributed by atoms with Crippen LogP contribution in [-0.4, -0.2) is 13.2 Å². The monoisotopic (exact) mass is 210 g/mol. The molecule has 12 heavy (non-hydrogen) atoms. The molecule has 0 saturated heterocycles. The van der Waals surface area contributed by atoms with Gasteiger partial charge >= 0.3 is 0 Å². The average molecular weight is 211 g/mol. The van der Waals surface area contributed by atoms with Crippen molar-refractivity contribution in [3.8, 4) is 0 Å². The van der Waals surface area contributed by atoms with Crippen molar-refractivity contribution in [2.45, 2.75) is 32.6 Å². The molecule has 0 aromatic heterocycles. The Morgan fingerprint density at radius 3 is 2.58 bits per heavy atom. The Kier molecular flexibility index (Phi) is 9.59. The van der Waals surface area contributed by atoms with Gasteiger partial charge < -0.3 is 4.74 Å². The van der Waals surface area contributed by atoms with Gasteiger partial charge in [-0.05, 0) is 26.2 Å². The van der Waals surface area contributed by atoms with Crippen molar-refractivity contribution in [3.63, 3.8) is 0 Å². The third-order valence-corrected chi connectivity index (χ3v) is 1.80. The van der Waals surface area contributed by atoms with E-state index in [1.807, 2.05) is 13.0 Å². The second-order valence-corrected chi connectivity index (χ2v) is 3.55. The fourth-order valence-electron chi connectivity index (χ4n) is 0.881. The molecule has 0 unspecified atom stereocenters. The summed E-state index contributed by atoms with van der Waals surface area (Å²) in [5.74, 6) is 0. The van der Waals surface area contributed by atoms with Gasteiger partial charge in [-0.15, -0.1) is 0 Å². The summed E-state index contributed by atoms with van der Waals surface area (Å²) in [6.07, 6.45) is 6.24. The normalized spacial score (nSPS) is 9.92. The summed E-state index contributed by atoms with van der Waals surface area (Å²) in [5.41, 5.74) is 0. The third kappa shape index (κ3) is 10.3. The third-order valence-electron chi connectivity index (χ3n) is 1.50. The van der Waals surface area contributed by atoms with Crippen LogP contribution in [0, 0.1) is 0 Å². The van der Waals surface area contributed by atoms with Crippen molar-refractivity contribution in [1.82, 2.24) is 0 Å². The van der Waals surface area contributed by atoms with Crippen LogP contribution in [0.3, 0.4) is 0 Å². The molecule has 0 saturated carbocycles. The van der Waals surface area contributed by atoms with E-state index in [2.05, 4.69) is 0 Å². The maximum atomic E-state index is 5.44. The van der Waals surface area contributed by atoms with E-state index in [1.165, 1.54) is 6.42 Å². The highest BCUT2D eigenvalue weighted by Gasteiger charge is 1.88. The fourth-order valence-corrected chi connectivity index (χ4v) is 1.10. The van der Waals surface area contributed by atoms with E-state index >= 15 is 0 Å². The summed E-state index contributed by atoms with van der Waals surface area (Å²) in [7, 11) is 0. The van der Waals surface area contributed by atoms with Crippen molar-refractivity contribution >= 4 is 23.2 Å². The van der Waals surface area contributed by atoms with Crippen LogP contribution in [0.15, 0.2) is 10.6 Å². The van der Waals surface area contributed by atoms with Gasteiger partial charge in [-0.3, -0.25) is 0 Å². The highest BCUT2D eigenvalue weighted by atomic mass is 35.5. The summed E-state index contributed by atoms with van der Waals surface area (Å²) in [6, 6.07) is 0. The van der Waals surface area contributed by atoms with E-state index in [4.69, 9.17) is 27.9 Å². The molecule has 0 bridgehead atoms. The predicted molar refractivity (Wildman–Crippen MR) is 54.8 cm³/mol. The molecule has 0 aliphatic rings. The molecule has 1 nitrogen and oxygen atoms in total. The molecule has 0 aliphatic heterocycles. The number of allylic oxidation sites excluding steroid dienone is 1. The standard InChI is InChI=1S/C9H16Cl2O/c1-2-12-8-6-4-3-5-7-9(10)11/h7H,2-6,8H2,1H3. The number of unbranched alkanes of at least 4 members (excludes halogenated alkanes) is 3. The second kappa shape index (κ2) is 9.37. The molecule has 0 aromatic rings. The Hall–Kier alpha value is 0.280. The van der Waals surface area contributed by atoms with Gasteiger partial charge in [0.15, 0.2) is 0 Å². The van der Waals surface area contributed by atoms with Crippen molar-refractivity contribution in [1.29, 1.82) is 0 Å². The minimum atomic E-state index is 0.375. The van der Waals surface area contributed by atoms with Crippen LogP contribution in [0.2, 0.25) is 0 Å². The SMILES string of the molecule is CCOCCCCCC=C(Cl)Cl. The second-order valence-electron chi connectivity index (χ2n) is 2.54. The summed E-state index contributed by atoms with van der Waals surface area (Å²) in [4.78, 5) is 0. The summed E-state index contributed by atoms with van der Waals surface area (Å²) in [5, 5.41) is 0. The lowest BCUT2D eigenvalue weighted by molar-refractivity contribution is 0.143. The molecule has 0 radical (unpaired) electrons. The van der Waals surface area contributed by atoms with Crippen molar-refractivity contribution in [3.05, 3.63) is 10.6 Å². The van der Waals surface area contributed by atoms with Crippen LogP contribution >= 0.6 is 23.2 Å². The quantitative estimate of drug-likeness (QED) is 0.580. The first-order chi connectivity index (χ1) is 5.77. The first kappa shape index (κ1) is 12.3. The Morgan fingerprint density at radius 1 is 1.25 bits per heavy atom. The zero-order chi connectivity index (χ0) is 9.23. The average Bonchev–Trinajstić information content (AvgIpc) is 2.02. The van der Waals surface area contributed by atoms with Crippen molar-refractivity contribution in [2.75, 3.05) is 13.2 Å². The van der Waals surface area contributed by atoms with E-state index in [0.29, 0.717) is 4.49 Å². The van der Waals surface area contributed by atoms with Gasteiger partial charge in [0.2, 0.25) is 0 Å². The largest absolute Gasteiger partial charge is 0.382 e. The molecular weight excluding hydrogens is 195 g/mol. The van der Waals surface area contributed by atoms with Crippen molar-refractivity contribution < 1.29 is 4.74 Å². The lowest BCUT2D eigenvalue weighted by Gasteiger charge is -1.99. The van der Waals surface area contributed by atoms with Gasteiger partial charge in [-0.2, -0.15) is 0 Å². The zero-order valence-electron chi connectivity index (χ0n) is 7.48. The van der Waals surface area contributed by atoms with Gasteiger partial charge in [0, 0.05) is 13.2 Å². The van der Waals surface area contributed by atoms with Gasteiger partial charge in [-0.25, -0.2) is 0 Å². The van der Waals surface area contributed by atoms with Gasteiger partial charge in [-0.1, -0.05) is 35.7 Å². The van der Waals surface area contributed by atoms with Gasteiger partial charge in [0.05, 0.1) is 0 Å². The van der Waals surface area contributed by atoms with Gasteiger partial charge in [0.25, 0.3) is 0 Å². The van der Waals surface area contributed by atoms with E-state index in [9.17, 15) is 0 Å². The van der Waals surface area contributed by atoms with E-state index in [1.54, 1.807) is 0 Å². The topological polar surface area (TPSA) is 9.23 Å². The molecule has 0 fully saturated rings. The molecule has 0 spiro atoms. The maximum Gasteiger partial charge on any atom is 0.102 e. The maximum absolute atomic E-state index is 5.44. The Labute approximate surface area is 84.7 Å². The van der Waals surface area contributed by atoms with Crippen LogP contribution < -0.4 is 0 Å². The van der Waals surface area contributed by atoms with Crippen LogP contribution in [-0.2, 0) is 4.74 Å². The first-order valence-corrected chi connectivity index (χ1v) is 5.12. The Balaban J connectivity index is 2.96. The number of ether oxygens (including phenoxy) is 1. The molecular formula is C9H16Cl2O. The fraction of sp³-hybridized carbons (Fsp3) is 0.778. The van der Waals surface area contributed by atoms with Crippen LogP contribution in [0.1, 0.15) is 32.6 Å². The molecule has 0 rings (SSSR count). The minimum absolute atomic E-state index is 0.375. The highest BCUT2D eigenvalue weighted by Crippen LogP contribution is 2.10. The number of rotatable bonds is 7. The van der Waals surface area contributed by atoms with Crippen LogP contribution in [0.25, 0.3) is 0 Å². The van der Waals surface area contributed by atoms with E-state index < -0.39 is 0 Å². The molecule has 0 amide bonds. The molecule has 0 heterocycles. The first-order valence-electron chi connectivity index (χ1n) is 4.36. The molecule has 3 heteroatoms. The lowest BCUT2D eigenvalue weighted by Crippen LogP contribution is -1.92. The summed E-state index contributed by atoms with van der Waals surface area (Å²) >= 11 is 10.9. The number of hydrogen-bond acceptors (Lipinski definition) is 1. The molecule has 0 atom stereocenters. The molecule has 0 aliphatic carbocycles. The molecule has 0 N–H and O–H groups in total. The number of halogens is 2. The number of hydrogen-bond donors (Lipinski definition) is 0.